The number of carbonyl (C=O) groups is 1. The molecule has 2 heteroatoms. The molecule has 1 aliphatic rings. The number of halogens is 1. The summed E-state index contributed by atoms with van der Waals surface area (Å²) < 4.78 is 0. The fraction of sp³-hybridized carbons (Fsp3) is 0.167. The lowest BCUT2D eigenvalue weighted by Gasteiger charge is -2.23. The highest BCUT2D eigenvalue weighted by Crippen LogP contribution is 2.50. The van der Waals surface area contributed by atoms with Crippen molar-refractivity contribution in [2.45, 2.75) is 33.6 Å². The van der Waals surface area contributed by atoms with Gasteiger partial charge in [0.05, 0.1) is 0 Å². The van der Waals surface area contributed by atoms with Crippen molar-refractivity contribution < 1.29 is 4.79 Å². The third-order valence-electron chi connectivity index (χ3n) is 6.57. The summed E-state index contributed by atoms with van der Waals surface area (Å²) in [6.07, 6.45) is 1.76. The molecule has 0 unspecified atom stereocenters. The summed E-state index contributed by atoms with van der Waals surface area (Å²) >= 11 is 6.22. The largest absolute Gasteiger partial charge is 0.289 e. The van der Waals surface area contributed by atoms with Gasteiger partial charge in [-0.15, -0.1) is 0 Å². The maximum atomic E-state index is 13.8. The van der Waals surface area contributed by atoms with Crippen LogP contribution in [0.15, 0.2) is 72.8 Å². The van der Waals surface area contributed by atoms with Crippen LogP contribution < -0.4 is 0 Å². The molecule has 0 heterocycles. The Morgan fingerprint density at radius 1 is 0.625 bits per heavy atom. The SMILES string of the molecule is CCc1c(CC)c(-c2ccc(Cl)cc2)c2c(c1-c1ccc(C)cc1)C(=O)c1ccccc1-2. The van der Waals surface area contributed by atoms with E-state index in [1.807, 2.05) is 30.3 Å². The van der Waals surface area contributed by atoms with Crippen molar-refractivity contribution in [3.8, 4) is 33.4 Å². The third kappa shape index (κ3) is 3.12. The topological polar surface area (TPSA) is 17.1 Å². The number of aryl methyl sites for hydroxylation is 1. The number of hydrogen-bond donors (Lipinski definition) is 0. The average molecular weight is 437 g/mol. The molecule has 0 aromatic heterocycles. The summed E-state index contributed by atoms with van der Waals surface area (Å²) in [5, 5.41) is 0.715. The lowest BCUT2D eigenvalue weighted by atomic mass is 9.79. The van der Waals surface area contributed by atoms with Crippen LogP contribution in [0.3, 0.4) is 0 Å². The van der Waals surface area contributed by atoms with Crippen LogP contribution in [0.5, 0.6) is 0 Å². The summed E-state index contributed by atoms with van der Waals surface area (Å²) in [5.41, 5.74) is 12.0. The Hall–Kier alpha value is -3.16. The summed E-state index contributed by atoms with van der Waals surface area (Å²) in [4.78, 5) is 13.8. The van der Waals surface area contributed by atoms with Gasteiger partial charge in [0.25, 0.3) is 0 Å². The zero-order valence-corrected chi connectivity index (χ0v) is 19.4. The first-order valence-corrected chi connectivity index (χ1v) is 11.6. The van der Waals surface area contributed by atoms with E-state index in [9.17, 15) is 4.79 Å². The molecule has 0 amide bonds. The Morgan fingerprint density at radius 3 is 1.69 bits per heavy atom. The Morgan fingerprint density at radius 2 is 1.12 bits per heavy atom. The number of hydrogen-bond acceptors (Lipinski definition) is 1. The van der Waals surface area contributed by atoms with Gasteiger partial charge in [0.1, 0.15) is 0 Å². The van der Waals surface area contributed by atoms with E-state index in [1.165, 1.54) is 22.3 Å². The van der Waals surface area contributed by atoms with Crippen LogP contribution in [-0.2, 0) is 12.8 Å². The number of carbonyl (C=O) groups excluding carboxylic acids is 1. The minimum atomic E-state index is 0.124. The third-order valence-corrected chi connectivity index (χ3v) is 6.82. The molecule has 0 saturated carbocycles. The molecule has 32 heavy (non-hydrogen) atoms. The highest BCUT2D eigenvalue weighted by molar-refractivity contribution is 6.31. The molecule has 0 fully saturated rings. The molecular weight excluding hydrogens is 412 g/mol. The number of rotatable bonds is 4. The Kier molecular flexibility index (Phi) is 5.23. The van der Waals surface area contributed by atoms with E-state index in [-0.39, 0.29) is 5.78 Å². The van der Waals surface area contributed by atoms with Crippen LogP contribution in [0, 0.1) is 6.92 Å². The van der Waals surface area contributed by atoms with Crippen LogP contribution >= 0.6 is 11.6 Å². The van der Waals surface area contributed by atoms with Crippen LogP contribution in [-0.4, -0.2) is 5.78 Å². The summed E-state index contributed by atoms with van der Waals surface area (Å²) in [7, 11) is 0. The van der Waals surface area contributed by atoms with E-state index in [0.717, 1.165) is 51.8 Å². The van der Waals surface area contributed by atoms with Gasteiger partial charge >= 0.3 is 0 Å². The lowest BCUT2D eigenvalue weighted by Crippen LogP contribution is -2.07. The summed E-state index contributed by atoms with van der Waals surface area (Å²) in [6.45, 7) is 6.50. The molecule has 0 N–H and O–H groups in total. The van der Waals surface area contributed by atoms with E-state index in [2.05, 4.69) is 63.2 Å². The molecule has 5 rings (SSSR count). The van der Waals surface area contributed by atoms with Crippen LogP contribution in [0.25, 0.3) is 33.4 Å². The van der Waals surface area contributed by atoms with Gasteiger partial charge in [-0.05, 0) is 70.8 Å². The molecule has 0 radical (unpaired) electrons. The number of benzene rings is 4. The van der Waals surface area contributed by atoms with Gasteiger partial charge in [-0.2, -0.15) is 0 Å². The van der Waals surface area contributed by atoms with Crippen molar-refractivity contribution in [2.24, 2.45) is 0 Å². The smallest absolute Gasteiger partial charge is 0.194 e. The molecule has 0 aliphatic heterocycles. The van der Waals surface area contributed by atoms with Gasteiger partial charge in [-0.3, -0.25) is 4.79 Å². The molecule has 4 aromatic rings. The molecule has 0 spiro atoms. The van der Waals surface area contributed by atoms with Crippen molar-refractivity contribution in [3.05, 3.63) is 106 Å². The van der Waals surface area contributed by atoms with Crippen LogP contribution in [0.1, 0.15) is 46.5 Å². The van der Waals surface area contributed by atoms with Gasteiger partial charge in [-0.1, -0.05) is 91.7 Å². The number of ketones is 1. The minimum absolute atomic E-state index is 0.124. The van der Waals surface area contributed by atoms with E-state index >= 15 is 0 Å². The number of fused-ring (bicyclic) bond motifs is 3. The molecule has 1 aliphatic carbocycles. The Labute approximate surface area is 194 Å². The summed E-state index contributed by atoms with van der Waals surface area (Å²) in [6, 6.07) is 24.6. The molecule has 158 valence electrons. The van der Waals surface area contributed by atoms with Gasteiger partial charge in [0, 0.05) is 21.7 Å². The Bertz CT molecular complexity index is 1350. The van der Waals surface area contributed by atoms with E-state index < -0.39 is 0 Å². The highest BCUT2D eigenvalue weighted by atomic mass is 35.5. The molecule has 1 nitrogen and oxygen atoms in total. The molecule has 4 aromatic carbocycles. The predicted molar refractivity (Wildman–Crippen MR) is 135 cm³/mol. The van der Waals surface area contributed by atoms with Gasteiger partial charge in [0.2, 0.25) is 0 Å². The lowest BCUT2D eigenvalue weighted by molar-refractivity contribution is 0.104. The quantitative estimate of drug-likeness (QED) is 0.276. The zero-order chi connectivity index (χ0) is 22.4. The fourth-order valence-corrected chi connectivity index (χ4v) is 5.26. The normalized spacial score (nSPS) is 12.1. The average Bonchev–Trinajstić information content (AvgIpc) is 3.11. The van der Waals surface area contributed by atoms with Gasteiger partial charge in [0.15, 0.2) is 5.78 Å². The molecular formula is C30H25ClO. The second-order valence-corrected chi connectivity index (χ2v) is 8.85. The van der Waals surface area contributed by atoms with Crippen LogP contribution in [0.4, 0.5) is 0 Å². The molecule has 0 saturated heterocycles. The van der Waals surface area contributed by atoms with E-state index in [4.69, 9.17) is 11.6 Å². The minimum Gasteiger partial charge on any atom is -0.289 e. The predicted octanol–water partition coefficient (Wildman–Crippen LogP) is 8.32. The zero-order valence-electron chi connectivity index (χ0n) is 18.6. The van der Waals surface area contributed by atoms with Crippen molar-refractivity contribution in [1.82, 2.24) is 0 Å². The van der Waals surface area contributed by atoms with E-state index in [1.54, 1.807) is 0 Å². The maximum absolute atomic E-state index is 13.8. The summed E-state index contributed by atoms with van der Waals surface area (Å²) in [5.74, 6) is 0.124. The monoisotopic (exact) mass is 436 g/mol. The maximum Gasteiger partial charge on any atom is 0.194 e. The highest BCUT2D eigenvalue weighted by Gasteiger charge is 2.35. The van der Waals surface area contributed by atoms with Crippen molar-refractivity contribution in [3.63, 3.8) is 0 Å². The van der Waals surface area contributed by atoms with Crippen molar-refractivity contribution in [2.75, 3.05) is 0 Å². The van der Waals surface area contributed by atoms with Gasteiger partial charge in [-0.25, -0.2) is 0 Å². The molecule has 0 bridgehead atoms. The van der Waals surface area contributed by atoms with Crippen LogP contribution in [0.2, 0.25) is 5.02 Å². The van der Waals surface area contributed by atoms with Crippen molar-refractivity contribution in [1.29, 1.82) is 0 Å². The molecule has 0 atom stereocenters. The fourth-order valence-electron chi connectivity index (χ4n) is 5.14. The van der Waals surface area contributed by atoms with E-state index in [0.29, 0.717) is 5.02 Å². The second kappa shape index (κ2) is 8.07. The first kappa shape index (κ1) is 20.7. The first-order chi connectivity index (χ1) is 15.5. The Balaban J connectivity index is 1.97. The van der Waals surface area contributed by atoms with Crippen molar-refractivity contribution >= 4 is 17.4 Å². The standard InChI is InChI=1S/C30H25ClO/c1-4-22-23(5-2)27(19-12-10-18(3)11-13-19)29-28(24-8-6-7-9-25(24)30(29)32)26(22)20-14-16-21(31)17-15-20/h6-17H,4-5H2,1-3H3. The second-order valence-electron chi connectivity index (χ2n) is 8.41. The first-order valence-electron chi connectivity index (χ1n) is 11.2. The van der Waals surface area contributed by atoms with Gasteiger partial charge < -0.3 is 0 Å².